The average molecular weight is 417 g/mol. The van der Waals surface area contributed by atoms with E-state index in [1.807, 2.05) is 0 Å². The summed E-state index contributed by atoms with van der Waals surface area (Å²) in [6.07, 6.45) is 0. The first-order chi connectivity index (χ1) is 13.4. The van der Waals surface area contributed by atoms with E-state index in [1.165, 1.54) is 43.5 Å². The molecule has 0 fully saturated rings. The number of hydrogen-bond donors (Lipinski definition) is 2. The molecule has 6 nitrogen and oxygen atoms in total. The van der Waals surface area contributed by atoms with Crippen LogP contribution >= 0.6 is 11.6 Å². The molecule has 1 amide bonds. The smallest absolute Gasteiger partial charge is 0.261 e. The first-order valence-electron chi connectivity index (χ1n) is 8.22. The Bertz CT molecular complexity index is 1100. The number of benzene rings is 3. The van der Waals surface area contributed by atoms with Crippen LogP contribution in [0.15, 0.2) is 77.7 Å². The molecular weight excluding hydrogens is 400 g/mol. The highest BCUT2D eigenvalue weighted by Gasteiger charge is 2.19. The van der Waals surface area contributed by atoms with E-state index in [9.17, 15) is 13.2 Å². The molecule has 144 valence electrons. The molecule has 0 bridgehead atoms. The largest absolute Gasteiger partial charge is 0.495 e. The quantitative estimate of drug-likeness (QED) is 0.623. The number of sulfonamides is 1. The average Bonchev–Trinajstić information content (AvgIpc) is 2.69. The second-order valence-electron chi connectivity index (χ2n) is 5.76. The van der Waals surface area contributed by atoms with Crippen molar-refractivity contribution in [3.8, 4) is 5.75 Å². The molecule has 0 atom stereocenters. The monoisotopic (exact) mass is 416 g/mol. The molecule has 3 rings (SSSR count). The predicted octanol–water partition coefficient (Wildman–Crippen LogP) is 4.40. The summed E-state index contributed by atoms with van der Waals surface area (Å²) in [6, 6.07) is 19.0. The van der Waals surface area contributed by atoms with E-state index in [1.54, 1.807) is 36.4 Å². The summed E-state index contributed by atoms with van der Waals surface area (Å²) in [6.45, 7) is 0. The molecular formula is C20H17ClN2O4S. The molecule has 28 heavy (non-hydrogen) atoms. The number of halogens is 1. The van der Waals surface area contributed by atoms with Crippen molar-refractivity contribution in [2.45, 2.75) is 4.90 Å². The molecule has 3 aromatic rings. The number of methoxy groups -OCH3 is 1. The lowest BCUT2D eigenvalue weighted by Gasteiger charge is -2.14. The summed E-state index contributed by atoms with van der Waals surface area (Å²) < 4.78 is 33.0. The van der Waals surface area contributed by atoms with E-state index >= 15 is 0 Å². The Morgan fingerprint density at radius 2 is 1.50 bits per heavy atom. The first-order valence-corrected chi connectivity index (χ1v) is 10.1. The minimum atomic E-state index is -3.89. The number of nitrogens with one attached hydrogen (secondary N) is 2. The Morgan fingerprint density at radius 1 is 0.893 bits per heavy atom. The zero-order chi connectivity index (χ0) is 20.1. The van der Waals surface area contributed by atoms with Gasteiger partial charge in [0.05, 0.1) is 28.9 Å². The van der Waals surface area contributed by atoms with Gasteiger partial charge in [0.1, 0.15) is 5.75 Å². The van der Waals surface area contributed by atoms with Gasteiger partial charge in [-0.15, -0.1) is 0 Å². The fourth-order valence-electron chi connectivity index (χ4n) is 2.53. The second kappa shape index (κ2) is 8.33. The van der Waals surface area contributed by atoms with Gasteiger partial charge in [0, 0.05) is 5.02 Å². The highest BCUT2D eigenvalue weighted by Crippen LogP contribution is 2.26. The SMILES string of the molecule is COc1ccccc1NC(=O)c1ccccc1NS(=O)(=O)c1ccc(Cl)cc1. The molecule has 0 heterocycles. The van der Waals surface area contributed by atoms with Gasteiger partial charge in [0.25, 0.3) is 15.9 Å². The van der Waals surface area contributed by atoms with Gasteiger partial charge in [-0.25, -0.2) is 8.42 Å². The van der Waals surface area contributed by atoms with Crippen LogP contribution in [0, 0.1) is 0 Å². The van der Waals surface area contributed by atoms with E-state index in [0.29, 0.717) is 16.5 Å². The fourth-order valence-corrected chi connectivity index (χ4v) is 3.73. The van der Waals surface area contributed by atoms with Gasteiger partial charge in [-0.3, -0.25) is 9.52 Å². The summed E-state index contributed by atoms with van der Waals surface area (Å²) in [5.41, 5.74) is 0.807. The molecule has 2 N–H and O–H groups in total. The third-order valence-corrected chi connectivity index (χ3v) is 5.53. The summed E-state index contributed by atoms with van der Waals surface area (Å²) >= 11 is 5.81. The van der Waals surface area contributed by atoms with Gasteiger partial charge in [-0.1, -0.05) is 35.9 Å². The van der Waals surface area contributed by atoms with Crippen molar-refractivity contribution in [1.29, 1.82) is 0 Å². The molecule has 0 aliphatic heterocycles. The van der Waals surface area contributed by atoms with Crippen molar-refractivity contribution in [1.82, 2.24) is 0 Å². The topological polar surface area (TPSA) is 84.5 Å². The summed E-state index contributed by atoms with van der Waals surface area (Å²) in [4.78, 5) is 12.8. The van der Waals surface area contributed by atoms with Gasteiger partial charge < -0.3 is 10.1 Å². The van der Waals surface area contributed by atoms with Crippen LogP contribution in [0.1, 0.15) is 10.4 Å². The van der Waals surface area contributed by atoms with Gasteiger partial charge in [0.15, 0.2) is 0 Å². The molecule has 0 aromatic heterocycles. The van der Waals surface area contributed by atoms with E-state index in [4.69, 9.17) is 16.3 Å². The van der Waals surface area contributed by atoms with E-state index < -0.39 is 15.9 Å². The molecule has 0 saturated carbocycles. The number of carbonyl (C=O) groups is 1. The predicted molar refractivity (Wildman–Crippen MR) is 110 cm³/mol. The Balaban J connectivity index is 1.88. The highest BCUT2D eigenvalue weighted by atomic mass is 35.5. The van der Waals surface area contributed by atoms with Crippen molar-refractivity contribution in [3.63, 3.8) is 0 Å². The van der Waals surface area contributed by atoms with Crippen LogP contribution in [0.4, 0.5) is 11.4 Å². The third kappa shape index (κ3) is 4.44. The van der Waals surface area contributed by atoms with Crippen molar-refractivity contribution < 1.29 is 17.9 Å². The number of ether oxygens (including phenoxy) is 1. The molecule has 0 aliphatic carbocycles. The maximum absolute atomic E-state index is 12.8. The second-order valence-corrected chi connectivity index (χ2v) is 7.88. The molecule has 0 radical (unpaired) electrons. The summed E-state index contributed by atoms with van der Waals surface area (Å²) in [5, 5.41) is 3.16. The Hall–Kier alpha value is -3.03. The van der Waals surface area contributed by atoms with Gasteiger partial charge in [0.2, 0.25) is 0 Å². The van der Waals surface area contributed by atoms with Crippen molar-refractivity contribution in [3.05, 3.63) is 83.4 Å². The third-order valence-electron chi connectivity index (χ3n) is 3.90. The lowest BCUT2D eigenvalue weighted by Crippen LogP contribution is -2.18. The maximum atomic E-state index is 12.8. The minimum absolute atomic E-state index is 0.0387. The summed E-state index contributed by atoms with van der Waals surface area (Å²) in [5.74, 6) is 0.0222. The zero-order valence-corrected chi connectivity index (χ0v) is 16.4. The van der Waals surface area contributed by atoms with Crippen LogP contribution in [0.25, 0.3) is 0 Å². The molecule has 0 aliphatic rings. The first kappa shape index (κ1) is 19.7. The molecule has 0 unspecified atom stereocenters. The highest BCUT2D eigenvalue weighted by molar-refractivity contribution is 7.92. The lowest BCUT2D eigenvalue weighted by molar-refractivity contribution is 0.102. The Labute approximate surface area is 168 Å². The van der Waals surface area contributed by atoms with Crippen molar-refractivity contribution in [2.75, 3.05) is 17.1 Å². The van der Waals surface area contributed by atoms with E-state index in [-0.39, 0.29) is 16.1 Å². The number of anilines is 2. The van der Waals surface area contributed by atoms with Gasteiger partial charge in [-0.05, 0) is 48.5 Å². The fraction of sp³-hybridized carbons (Fsp3) is 0.0500. The van der Waals surface area contributed by atoms with Crippen LogP contribution in [0.3, 0.4) is 0 Å². The number of para-hydroxylation sites is 3. The standard InChI is InChI=1S/C20H17ClN2O4S/c1-27-19-9-5-4-8-18(19)22-20(24)16-6-2-3-7-17(16)23-28(25,26)15-12-10-14(21)11-13-15/h2-13,23H,1H3,(H,22,24). The van der Waals surface area contributed by atoms with Gasteiger partial charge in [-0.2, -0.15) is 0 Å². The van der Waals surface area contributed by atoms with E-state index in [2.05, 4.69) is 10.0 Å². The minimum Gasteiger partial charge on any atom is -0.495 e. The summed E-state index contributed by atoms with van der Waals surface area (Å²) in [7, 11) is -2.39. The normalized spacial score (nSPS) is 10.9. The lowest BCUT2D eigenvalue weighted by atomic mass is 10.1. The van der Waals surface area contributed by atoms with Crippen LogP contribution in [-0.2, 0) is 10.0 Å². The molecule has 8 heteroatoms. The van der Waals surface area contributed by atoms with Crippen molar-refractivity contribution in [2.24, 2.45) is 0 Å². The van der Waals surface area contributed by atoms with E-state index in [0.717, 1.165) is 0 Å². The zero-order valence-electron chi connectivity index (χ0n) is 14.8. The number of amides is 1. The van der Waals surface area contributed by atoms with Crippen molar-refractivity contribution >= 4 is 38.9 Å². The van der Waals surface area contributed by atoms with Crippen LogP contribution in [0.2, 0.25) is 5.02 Å². The Morgan fingerprint density at radius 3 is 2.18 bits per heavy atom. The van der Waals surface area contributed by atoms with Gasteiger partial charge >= 0.3 is 0 Å². The van der Waals surface area contributed by atoms with Crippen LogP contribution < -0.4 is 14.8 Å². The van der Waals surface area contributed by atoms with Crippen LogP contribution in [0.5, 0.6) is 5.75 Å². The maximum Gasteiger partial charge on any atom is 0.261 e. The molecule has 0 saturated heterocycles. The Kier molecular flexibility index (Phi) is 5.87. The molecule has 3 aromatic carbocycles. The molecule has 0 spiro atoms. The number of hydrogen-bond acceptors (Lipinski definition) is 4. The number of carbonyl (C=O) groups excluding carboxylic acids is 1. The number of rotatable bonds is 6. The van der Waals surface area contributed by atoms with Crippen LogP contribution in [-0.4, -0.2) is 21.4 Å².